The highest BCUT2D eigenvalue weighted by Gasteiger charge is 2.18. The minimum atomic E-state index is -3.53. The van der Waals surface area contributed by atoms with Crippen LogP contribution in [-0.2, 0) is 10.0 Å². The van der Waals surface area contributed by atoms with Crippen LogP contribution >= 0.6 is 0 Å². The van der Waals surface area contributed by atoms with Gasteiger partial charge in [0.15, 0.2) is 0 Å². The van der Waals surface area contributed by atoms with E-state index < -0.39 is 10.0 Å². The van der Waals surface area contributed by atoms with Crippen LogP contribution in [0.2, 0.25) is 0 Å². The van der Waals surface area contributed by atoms with Crippen molar-refractivity contribution in [1.82, 2.24) is 4.72 Å². The number of methoxy groups -OCH3 is 1. The maximum absolute atomic E-state index is 12.4. The van der Waals surface area contributed by atoms with Crippen molar-refractivity contribution in [3.05, 3.63) is 59.7 Å². The molecule has 5 heteroatoms. The van der Waals surface area contributed by atoms with Crippen molar-refractivity contribution >= 4 is 10.0 Å². The van der Waals surface area contributed by atoms with Crippen molar-refractivity contribution < 1.29 is 13.2 Å². The number of aryl methyl sites for hydroxylation is 1. The van der Waals surface area contributed by atoms with Gasteiger partial charge in [-0.05, 0) is 49.2 Å². The first-order valence-electron chi connectivity index (χ1n) is 6.65. The molecule has 2 aromatic carbocycles. The normalized spacial score (nSPS) is 12.9. The highest BCUT2D eigenvalue weighted by atomic mass is 32.2. The largest absolute Gasteiger partial charge is 0.497 e. The van der Waals surface area contributed by atoms with Crippen molar-refractivity contribution in [3.8, 4) is 5.75 Å². The molecular weight excluding hydrogens is 286 g/mol. The number of nitrogens with one attached hydrogen (secondary N) is 1. The molecule has 4 nitrogen and oxygen atoms in total. The molecule has 0 saturated heterocycles. The van der Waals surface area contributed by atoms with Gasteiger partial charge in [0.1, 0.15) is 5.75 Å². The highest BCUT2D eigenvalue weighted by Crippen LogP contribution is 2.20. The molecule has 1 N–H and O–H groups in total. The number of rotatable bonds is 5. The monoisotopic (exact) mass is 305 g/mol. The number of hydrogen-bond donors (Lipinski definition) is 1. The predicted molar refractivity (Wildman–Crippen MR) is 82.9 cm³/mol. The molecule has 0 fully saturated rings. The molecule has 2 aromatic rings. The van der Waals surface area contributed by atoms with E-state index in [0.717, 1.165) is 16.9 Å². The number of hydrogen-bond acceptors (Lipinski definition) is 3. The van der Waals surface area contributed by atoms with Crippen molar-refractivity contribution in [3.63, 3.8) is 0 Å². The Labute approximate surface area is 125 Å². The summed E-state index contributed by atoms with van der Waals surface area (Å²) in [4.78, 5) is 0.280. The number of benzene rings is 2. The van der Waals surface area contributed by atoms with E-state index in [4.69, 9.17) is 4.74 Å². The molecule has 0 saturated carbocycles. The van der Waals surface area contributed by atoms with Gasteiger partial charge in [-0.25, -0.2) is 13.1 Å². The van der Waals surface area contributed by atoms with Gasteiger partial charge in [-0.1, -0.05) is 24.3 Å². The van der Waals surface area contributed by atoms with E-state index >= 15 is 0 Å². The summed E-state index contributed by atoms with van der Waals surface area (Å²) in [6, 6.07) is 13.9. The third-order valence-electron chi connectivity index (χ3n) is 3.25. The smallest absolute Gasteiger partial charge is 0.241 e. The molecule has 0 radical (unpaired) electrons. The van der Waals surface area contributed by atoms with E-state index in [1.54, 1.807) is 25.3 Å². The first-order valence-corrected chi connectivity index (χ1v) is 8.13. The lowest BCUT2D eigenvalue weighted by atomic mass is 10.1. The summed E-state index contributed by atoms with van der Waals surface area (Å²) >= 11 is 0. The van der Waals surface area contributed by atoms with Crippen molar-refractivity contribution in [2.45, 2.75) is 24.8 Å². The Morgan fingerprint density at radius 2 is 1.76 bits per heavy atom. The van der Waals surface area contributed by atoms with Gasteiger partial charge in [0.05, 0.1) is 12.0 Å². The van der Waals surface area contributed by atoms with E-state index in [-0.39, 0.29) is 10.9 Å². The van der Waals surface area contributed by atoms with Crippen LogP contribution in [0.5, 0.6) is 5.75 Å². The lowest BCUT2D eigenvalue weighted by Gasteiger charge is -2.15. The Bertz CT molecular complexity index is 709. The predicted octanol–water partition coefficient (Wildman–Crippen LogP) is 3.04. The third kappa shape index (κ3) is 3.83. The topological polar surface area (TPSA) is 55.4 Å². The maximum Gasteiger partial charge on any atom is 0.241 e. The summed E-state index contributed by atoms with van der Waals surface area (Å²) < 4.78 is 32.5. The summed E-state index contributed by atoms with van der Waals surface area (Å²) in [6.07, 6.45) is 0. The van der Waals surface area contributed by atoms with Gasteiger partial charge >= 0.3 is 0 Å². The first kappa shape index (κ1) is 15.5. The zero-order chi connectivity index (χ0) is 15.5. The van der Waals surface area contributed by atoms with Crippen LogP contribution in [0.4, 0.5) is 0 Å². The second kappa shape index (κ2) is 6.28. The van der Waals surface area contributed by atoms with Gasteiger partial charge in [0, 0.05) is 6.04 Å². The van der Waals surface area contributed by atoms with Crippen LogP contribution in [0.1, 0.15) is 24.1 Å². The molecule has 1 unspecified atom stereocenters. The Morgan fingerprint density at radius 3 is 2.33 bits per heavy atom. The summed E-state index contributed by atoms with van der Waals surface area (Å²) in [5, 5.41) is 0. The average molecular weight is 305 g/mol. The Hall–Kier alpha value is -1.85. The number of sulfonamides is 1. The second-order valence-corrected chi connectivity index (χ2v) is 6.65. The minimum Gasteiger partial charge on any atom is -0.497 e. The van der Waals surface area contributed by atoms with Gasteiger partial charge < -0.3 is 4.74 Å². The maximum atomic E-state index is 12.4. The fourth-order valence-corrected chi connectivity index (χ4v) is 3.38. The van der Waals surface area contributed by atoms with E-state index in [9.17, 15) is 8.42 Å². The summed E-state index contributed by atoms with van der Waals surface area (Å²) in [7, 11) is -1.93. The Balaban J connectivity index is 2.19. The first-order chi connectivity index (χ1) is 9.92. The quantitative estimate of drug-likeness (QED) is 0.923. The Kier molecular flexibility index (Phi) is 4.65. The van der Waals surface area contributed by atoms with Gasteiger partial charge in [0.25, 0.3) is 0 Å². The summed E-state index contributed by atoms with van der Waals surface area (Å²) in [5.74, 6) is 0.743. The number of ether oxygens (including phenoxy) is 1. The second-order valence-electron chi connectivity index (χ2n) is 4.93. The molecule has 0 amide bonds. The van der Waals surface area contributed by atoms with Crippen LogP contribution < -0.4 is 9.46 Å². The fraction of sp³-hybridized carbons (Fsp3) is 0.250. The molecule has 0 heterocycles. The molecule has 0 aliphatic carbocycles. The summed E-state index contributed by atoms with van der Waals surface area (Å²) in [6.45, 7) is 3.68. The molecule has 0 aliphatic heterocycles. The van der Waals surface area contributed by atoms with E-state index in [1.807, 2.05) is 44.2 Å². The van der Waals surface area contributed by atoms with Crippen LogP contribution in [0.25, 0.3) is 0 Å². The van der Waals surface area contributed by atoms with Crippen LogP contribution in [0.3, 0.4) is 0 Å². The van der Waals surface area contributed by atoms with E-state index in [1.165, 1.54) is 0 Å². The zero-order valence-electron chi connectivity index (χ0n) is 12.3. The van der Waals surface area contributed by atoms with Crippen LogP contribution in [-0.4, -0.2) is 15.5 Å². The SMILES string of the molecule is COc1ccc(C(C)NS(=O)(=O)c2cccc(C)c2)cc1. The molecule has 0 aliphatic rings. The third-order valence-corrected chi connectivity index (χ3v) is 4.79. The standard InChI is InChI=1S/C16H19NO3S/c1-12-5-4-6-16(11-12)21(18,19)17-13(2)14-7-9-15(20-3)10-8-14/h4-11,13,17H,1-3H3. The fourth-order valence-electron chi connectivity index (χ4n) is 2.04. The van der Waals surface area contributed by atoms with Gasteiger partial charge in [-0.3, -0.25) is 0 Å². The van der Waals surface area contributed by atoms with Gasteiger partial charge in [0.2, 0.25) is 10.0 Å². The minimum absolute atomic E-state index is 0.280. The van der Waals surface area contributed by atoms with Crippen molar-refractivity contribution in [2.24, 2.45) is 0 Å². The van der Waals surface area contributed by atoms with Gasteiger partial charge in [-0.2, -0.15) is 0 Å². The molecule has 112 valence electrons. The average Bonchev–Trinajstić information content (AvgIpc) is 2.47. The Morgan fingerprint density at radius 1 is 1.10 bits per heavy atom. The lowest BCUT2D eigenvalue weighted by molar-refractivity contribution is 0.414. The van der Waals surface area contributed by atoms with Crippen LogP contribution in [0, 0.1) is 6.92 Å². The highest BCUT2D eigenvalue weighted by molar-refractivity contribution is 7.89. The summed E-state index contributed by atoms with van der Waals surface area (Å²) in [5.41, 5.74) is 1.79. The molecule has 1 atom stereocenters. The molecule has 0 spiro atoms. The van der Waals surface area contributed by atoms with Gasteiger partial charge in [-0.15, -0.1) is 0 Å². The zero-order valence-corrected chi connectivity index (χ0v) is 13.1. The molecule has 0 aromatic heterocycles. The van der Waals surface area contributed by atoms with E-state index in [2.05, 4.69) is 4.72 Å². The molecule has 0 bridgehead atoms. The van der Waals surface area contributed by atoms with Crippen LogP contribution in [0.15, 0.2) is 53.4 Å². The molecule has 21 heavy (non-hydrogen) atoms. The molecule has 2 rings (SSSR count). The lowest BCUT2D eigenvalue weighted by Crippen LogP contribution is -2.26. The van der Waals surface area contributed by atoms with E-state index in [0.29, 0.717) is 0 Å². The van der Waals surface area contributed by atoms with Crippen molar-refractivity contribution in [1.29, 1.82) is 0 Å². The van der Waals surface area contributed by atoms with Crippen molar-refractivity contribution in [2.75, 3.05) is 7.11 Å². The molecular formula is C16H19NO3S.